The summed E-state index contributed by atoms with van der Waals surface area (Å²) in [6.45, 7) is 1.85. The molecule has 4 nitrogen and oxygen atoms in total. The number of urea groups is 1. The first-order valence-corrected chi connectivity index (χ1v) is 7.39. The van der Waals surface area contributed by atoms with Gasteiger partial charge in [0.2, 0.25) is 0 Å². The van der Waals surface area contributed by atoms with Gasteiger partial charge in [-0.15, -0.1) is 0 Å². The molecule has 1 saturated carbocycles. The smallest absolute Gasteiger partial charge is 0.334 e. The van der Waals surface area contributed by atoms with Crippen LogP contribution in [0, 0.1) is 0 Å². The molecule has 0 heterocycles. The van der Waals surface area contributed by atoms with E-state index in [2.05, 4.69) is 15.8 Å². The minimum Gasteiger partial charge on any atom is -0.334 e. The molecule has 2 N–H and O–H groups in total. The van der Waals surface area contributed by atoms with Gasteiger partial charge in [0, 0.05) is 11.1 Å². The Morgan fingerprint density at radius 3 is 2.50 bits per heavy atom. The first-order valence-electron chi connectivity index (χ1n) is 7.02. The van der Waals surface area contributed by atoms with Crippen molar-refractivity contribution in [3.05, 3.63) is 34.9 Å². The zero-order valence-corrected chi connectivity index (χ0v) is 12.4. The second kappa shape index (κ2) is 7.29. The third-order valence-corrected chi connectivity index (χ3v) is 3.78. The molecule has 1 aromatic carbocycles. The van der Waals surface area contributed by atoms with Gasteiger partial charge in [0.15, 0.2) is 0 Å². The van der Waals surface area contributed by atoms with E-state index in [-0.39, 0.29) is 12.1 Å². The summed E-state index contributed by atoms with van der Waals surface area (Å²) < 4.78 is 0. The van der Waals surface area contributed by atoms with E-state index in [1.165, 1.54) is 19.3 Å². The molecular weight excluding hydrogens is 274 g/mol. The van der Waals surface area contributed by atoms with Crippen molar-refractivity contribution >= 4 is 23.3 Å². The fourth-order valence-corrected chi connectivity index (χ4v) is 2.48. The van der Waals surface area contributed by atoms with Gasteiger partial charge in [0.05, 0.1) is 5.71 Å². The SMILES string of the molecule is C/C(=N/NC(=O)NC1CCCCC1)c1ccc(Cl)cc1. The van der Waals surface area contributed by atoms with Crippen LogP contribution in [0.3, 0.4) is 0 Å². The Kier molecular flexibility index (Phi) is 5.41. The summed E-state index contributed by atoms with van der Waals surface area (Å²) in [5, 5.41) is 7.74. The van der Waals surface area contributed by atoms with E-state index in [0.29, 0.717) is 5.02 Å². The molecule has 5 heteroatoms. The largest absolute Gasteiger partial charge is 0.335 e. The molecule has 0 saturated heterocycles. The molecule has 20 heavy (non-hydrogen) atoms. The molecule has 1 aromatic rings. The van der Waals surface area contributed by atoms with E-state index >= 15 is 0 Å². The second-order valence-electron chi connectivity index (χ2n) is 5.12. The van der Waals surface area contributed by atoms with E-state index in [9.17, 15) is 4.79 Å². The van der Waals surface area contributed by atoms with Crippen LogP contribution in [0.5, 0.6) is 0 Å². The normalized spacial score (nSPS) is 16.8. The highest BCUT2D eigenvalue weighted by Gasteiger charge is 2.15. The molecule has 108 valence electrons. The number of benzene rings is 1. The zero-order chi connectivity index (χ0) is 14.4. The van der Waals surface area contributed by atoms with E-state index in [1.807, 2.05) is 19.1 Å². The summed E-state index contributed by atoms with van der Waals surface area (Å²) in [4.78, 5) is 11.8. The Labute approximate surface area is 124 Å². The van der Waals surface area contributed by atoms with Gasteiger partial charge in [-0.25, -0.2) is 10.2 Å². The van der Waals surface area contributed by atoms with Crippen molar-refractivity contribution in [1.29, 1.82) is 0 Å². The minimum absolute atomic E-state index is 0.231. The van der Waals surface area contributed by atoms with Gasteiger partial charge in [-0.2, -0.15) is 5.10 Å². The van der Waals surface area contributed by atoms with Crippen LogP contribution in [0.25, 0.3) is 0 Å². The molecule has 0 atom stereocenters. The molecule has 1 aliphatic carbocycles. The van der Waals surface area contributed by atoms with Crippen LogP contribution in [-0.2, 0) is 0 Å². The average molecular weight is 294 g/mol. The van der Waals surface area contributed by atoms with Gasteiger partial charge in [0.1, 0.15) is 0 Å². The predicted octanol–water partition coefficient (Wildman–Crippen LogP) is 3.70. The molecule has 0 spiro atoms. The summed E-state index contributed by atoms with van der Waals surface area (Å²) in [5.41, 5.74) is 4.24. The highest BCUT2D eigenvalue weighted by Crippen LogP contribution is 2.17. The number of hydrogen-bond acceptors (Lipinski definition) is 2. The number of carbonyl (C=O) groups is 1. The average Bonchev–Trinajstić information content (AvgIpc) is 2.46. The van der Waals surface area contributed by atoms with Gasteiger partial charge < -0.3 is 5.32 Å². The lowest BCUT2D eigenvalue weighted by Gasteiger charge is -2.22. The van der Waals surface area contributed by atoms with E-state index < -0.39 is 0 Å². The van der Waals surface area contributed by atoms with Crippen molar-refractivity contribution in [1.82, 2.24) is 10.7 Å². The first-order chi connectivity index (χ1) is 9.65. The van der Waals surface area contributed by atoms with E-state index in [1.54, 1.807) is 12.1 Å². The fraction of sp³-hybridized carbons (Fsp3) is 0.467. The molecule has 0 bridgehead atoms. The van der Waals surface area contributed by atoms with Gasteiger partial charge in [-0.1, -0.05) is 43.0 Å². The third-order valence-electron chi connectivity index (χ3n) is 3.53. The zero-order valence-electron chi connectivity index (χ0n) is 11.7. The number of nitrogens with one attached hydrogen (secondary N) is 2. The Morgan fingerprint density at radius 1 is 1.20 bits per heavy atom. The second-order valence-corrected chi connectivity index (χ2v) is 5.56. The van der Waals surface area contributed by atoms with Crippen molar-refractivity contribution < 1.29 is 4.79 Å². The van der Waals surface area contributed by atoms with Crippen LogP contribution in [0.2, 0.25) is 5.02 Å². The monoisotopic (exact) mass is 293 g/mol. The van der Waals surface area contributed by atoms with Crippen LogP contribution in [0.15, 0.2) is 29.4 Å². The summed E-state index contributed by atoms with van der Waals surface area (Å²) in [6, 6.07) is 7.42. The highest BCUT2D eigenvalue weighted by molar-refractivity contribution is 6.30. The lowest BCUT2D eigenvalue weighted by atomic mass is 9.96. The fourth-order valence-electron chi connectivity index (χ4n) is 2.35. The van der Waals surface area contributed by atoms with E-state index in [4.69, 9.17) is 11.6 Å². The summed E-state index contributed by atoms with van der Waals surface area (Å²) in [7, 11) is 0. The van der Waals surface area contributed by atoms with Crippen LogP contribution in [0.4, 0.5) is 4.79 Å². The Morgan fingerprint density at radius 2 is 1.85 bits per heavy atom. The molecule has 2 amide bonds. The molecular formula is C15H20ClN3O. The quantitative estimate of drug-likeness (QED) is 0.648. The Hall–Kier alpha value is -1.55. The van der Waals surface area contributed by atoms with Crippen molar-refractivity contribution in [2.24, 2.45) is 5.10 Å². The lowest BCUT2D eigenvalue weighted by molar-refractivity contribution is 0.233. The van der Waals surface area contributed by atoms with Crippen molar-refractivity contribution in [3.63, 3.8) is 0 Å². The van der Waals surface area contributed by atoms with Gasteiger partial charge >= 0.3 is 6.03 Å². The Balaban J connectivity index is 1.84. The number of amides is 2. The molecule has 0 radical (unpaired) electrons. The predicted molar refractivity (Wildman–Crippen MR) is 82.2 cm³/mol. The maximum Gasteiger partial charge on any atom is 0.335 e. The number of nitrogens with zero attached hydrogens (tertiary/aromatic N) is 1. The molecule has 0 aromatic heterocycles. The van der Waals surface area contributed by atoms with Crippen molar-refractivity contribution in [3.8, 4) is 0 Å². The van der Waals surface area contributed by atoms with Crippen molar-refractivity contribution in [2.45, 2.75) is 45.1 Å². The van der Waals surface area contributed by atoms with Crippen LogP contribution in [0.1, 0.15) is 44.6 Å². The first kappa shape index (κ1) is 14.9. The molecule has 0 unspecified atom stereocenters. The van der Waals surface area contributed by atoms with E-state index in [0.717, 1.165) is 24.1 Å². The lowest BCUT2D eigenvalue weighted by Crippen LogP contribution is -2.41. The summed E-state index contributed by atoms with van der Waals surface area (Å²) in [6.07, 6.45) is 5.78. The van der Waals surface area contributed by atoms with Gasteiger partial charge in [-0.3, -0.25) is 0 Å². The Bertz CT molecular complexity index is 478. The maximum atomic E-state index is 11.8. The number of hydrogen-bond donors (Lipinski definition) is 2. The maximum absolute atomic E-state index is 11.8. The van der Waals surface area contributed by atoms with Crippen molar-refractivity contribution in [2.75, 3.05) is 0 Å². The minimum atomic E-state index is -0.231. The topological polar surface area (TPSA) is 53.5 Å². The third kappa shape index (κ3) is 4.53. The van der Waals surface area contributed by atoms with Gasteiger partial charge in [0.25, 0.3) is 0 Å². The number of rotatable bonds is 3. The summed E-state index contributed by atoms with van der Waals surface area (Å²) >= 11 is 5.83. The number of carbonyl (C=O) groups excluding carboxylic acids is 1. The standard InChI is InChI=1S/C15H20ClN3O/c1-11(12-7-9-13(16)10-8-12)18-19-15(20)17-14-5-3-2-4-6-14/h7-10,14H,2-6H2,1H3,(H2,17,19,20)/b18-11-. The van der Waals surface area contributed by atoms with Crippen LogP contribution in [-0.4, -0.2) is 17.8 Å². The molecule has 1 fully saturated rings. The number of hydrazone groups is 1. The molecule has 2 rings (SSSR count). The molecule has 0 aliphatic heterocycles. The van der Waals surface area contributed by atoms with Gasteiger partial charge in [-0.05, 0) is 37.5 Å². The van der Waals surface area contributed by atoms with Crippen LogP contribution >= 0.6 is 11.6 Å². The number of halogens is 1. The highest BCUT2D eigenvalue weighted by atomic mass is 35.5. The molecule has 1 aliphatic rings. The summed E-state index contributed by atoms with van der Waals surface area (Å²) in [5.74, 6) is 0. The van der Waals surface area contributed by atoms with Crippen LogP contribution < -0.4 is 10.7 Å².